The van der Waals surface area contributed by atoms with Crippen LogP contribution >= 0.6 is 0 Å². The Hall–Kier alpha value is -3.92. The summed E-state index contributed by atoms with van der Waals surface area (Å²) < 4.78 is 0. The zero-order chi connectivity index (χ0) is 23.5. The lowest BCUT2D eigenvalue weighted by molar-refractivity contribution is -0.141. The van der Waals surface area contributed by atoms with Gasteiger partial charge in [0.25, 0.3) is 0 Å². The molecule has 2 rings (SSSR count). The van der Waals surface area contributed by atoms with Gasteiger partial charge in [0.05, 0.1) is 19.1 Å². The highest BCUT2D eigenvalue weighted by molar-refractivity contribution is 5.90. The predicted octanol–water partition coefficient (Wildman–Crippen LogP) is -0.693. The molecule has 2 aromatic rings. The molecule has 0 heterocycles. The van der Waals surface area contributed by atoms with E-state index in [1.54, 1.807) is 42.5 Å². The van der Waals surface area contributed by atoms with Gasteiger partial charge < -0.3 is 31.9 Å². The van der Waals surface area contributed by atoms with Crippen LogP contribution in [0.4, 0.5) is 0 Å². The molecule has 0 radical (unpaired) electrons. The summed E-state index contributed by atoms with van der Waals surface area (Å²) in [6.45, 7) is -0.825. The molecule has 3 amide bonds. The van der Waals surface area contributed by atoms with E-state index in [1.165, 1.54) is 12.1 Å². The molecule has 0 saturated heterocycles. The van der Waals surface area contributed by atoms with Crippen molar-refractivity contribution in [3.63, 3.8) is 0 Å². The minimum Gasteiger partial charge on any atom is -0.508 e. The fourth-order valence-electron chi connectivity index (χ4n) is 2.81. The number of rotatable bonds is 11. The molecule has 2 atom stereocenters. The molecule has 0 fully saturated rings. The highest BCUT2D eigenvalue weighted by Crippen LogP contribution is 2.10. The summed E-state index contributed by atoms with van der Waals surface area (Å²) >= 11 is 0. The molecule has 0 saturated carbocycles. The number of nitrogens with two attached hydrogens (primary N) is 1. The monoisotopic (exact) mass is 442 g/mol. The highest BCUT2D eigenvalue weighted by atomic mass is 16.4. The van der Waals surface area contributed by atoms with Crippen molar-refractivity contribution in [3.05, 3.63) is 65.7 Å². The number of aromatic hydroxyl groups is 1. The van der Waals surface area contributed by atoms with E-state index >= 15 is 0 Å². The maximum atomic E-state index is 12.0. The van der Waals surface area contributed by atoms with Crippen molar-refractivity contribution in [2.24, 2.45) is 5.73 Å². The minimum atomic E-state index is -1.19. The Labute approximate surface area is 184 Å². The number of nitrogens with one attached hydrogen (secondary N) is 3. The van der Waals surface area contributed by atoms with E-state index in [0.29, 0.717) is 0 Å². The summed E-state index contributed by atoms with van der Waals surface area (Å²) in [5, 5.41) is 25.6. The van der Waals surface area contributed by atoms with Crippen LogP contribution in [-0.2, 0) is 32.0 Å². The smallest absolute Gasteiger partial charge is 0.326 e. The topological polar surface area (TPSA) is 171 Å². The lowest BCUT2D eigenvalue weighted by atomic mass is 10.1. The first-order chi connectivity index (χ1) is 15.2. The summed E-state index contributed by atoms with van der Waals surface area (Å²) in [6, 6.07) is 13.0. The van der Waals surface area contributed by atoms with Crippen LogP contribution in [0, 0.1) is 0 Å². The SMILES string of the molecule is N[C@@H](Cc1ccc(O)cc1)C(=O)NCC(=O)NCC(=O)N[C@@H](Cc1ccccc1)C(=O)O. The van der Waals surface area contributed by atoms with Gasteiger partial charge in [0.1, 0.15) is 11.8 Å². The van der Waals surface area contributed by atoms with Gasteiger partial charge in [-0.1, -0.05) is 42.5 Å². The largest absolute Gasteiger partial charge is 0.508 e. The number of carbonyl (C=O) groups excluding carboxylic acids is 3. The van der Waals surface area contributed by atoms with Crippen LogP contribution in [0.3, 0.4) is 0 Å². The van der Waals surface area contributed by atoms with E-state index in [9.17, 15) is 29.4 Å². The Morgan fingerprint density at radius 1 is 0.812 bits per heavy atom. The predicted molar refractivity (Wildman–Crippen MR) is 116 cm³/mol. The van der Waals surface area contributed by atoms with E-state index in [0.717, 1.165) is 11.1 Å². The zero-order valence-electron chi connectivity index (χ0n) is 17.3. The van der Waals surface area contributed by atoms with Gasteiger partial charge in [-0.2, -0.15) is 0 Å². The van der Waals surface area contributed by atoms with Crippen molar-refractivity contribution >= 4 is 23.7 Å². The number of carboxylic acids is 1. The van der Waals surface area contributed by atoms with Gasteiger partial charge in [0.2, 0.25) is 17.7 Å². The highest BCUT2D eigenvalue weighted by Gasteiger charge is 2.21. The number of phenols is 1. The molecule has 0 aliphatic rings. The van der Waals surface area contributed by atoms with Crippen molar-refractivity contribution in [1.29, 1.82) is 0 Å². The van der Waals surface area contributed by atoms with Crippen LogP contribution in [0.15, 0.2) is 54.6 Å². The van der Waals surface area contributed by atoms with Crippen molar-refractivity contribution in [2.75, 3.05) is 13.1 Å². The van der Waals surface area contributed by atoms with Crippen molar-refractivity contribution in [1.82, 2.24) is 16.0 Å². The maximum Gasteiger partial charge on any atom is 0.326 e. The van der Waals surface area contributed by atoms with Crippen molar-refractivity contribution in [3.8, 4) is 5.75 Å². The van der Waals surface area contributed by atoms with Gasteiger partial charge in [-0.25, -0.2) is 4.79 Å². The van der Waals surface area contributed by atoms with Gasteiger partial charge in [0, 0.05) is 6.42 Å². The van der Waals surface area contributed by atoms with Crippen LogP contribution < -0.4 is 21.7 Å². The Kier molecular flexibility index (Phi) is 9.18. The van der Waals surface area contributed by atoms with E-state index in [1.807, 2.05) is 0 Å². The van der Waals surface area contributed by atoms with Crippen LogP contribution in [-0.4, -0.2) is 59.1 Å². The van der Waals surface area contributed by atoms with E-state index in [-0.39, 0.29) is 25.1 Å². The van der Waals surface area contributed by atoms with Crippen LogP contribution in [0.5, 0.6) is 5.75 Å². The Bertz CT molecular complexity index is 933. The van der Waals surface area contributed by atoms with E-state index in [4.69, 9.17) is 5.73 Å². The van der Waals surface area contributed by atoms with Crippen LogP contribution in [0.25, 0.3) is 0 Å². The molecule has 170 valence electrons. The molecule has 0 bridgehead atoms. The standard InChI is InChI=1S/C22H26N4O6/c23-17(10-15-6-8-16(27)9-7-15)21(30)25-12-19(28)24-13-20(29)26-18(22(31)32)11-14-4-2-1-3-5-14/h1-9,17-18,27H,10-13,23H2,(H,24,28)(H,25,30)(H,26,29)(H,31,32)/t17-,18-/m0/s1. The third-order valence-corrected chi connectivity index (χ3v) is 4.51. The quantitative estimate of drug-likeness (QED) is 0.267. The molecule has 0 spiro atoms. The van der Waals surface area contributed by atoms with E-state index < -0.39 is 42.3 Å². The molecule has 0 unspecified atom stereocenters. The van der Waals surface area contributed by atoms with Gasteiger partial charge >= 0.3 is 5.97 Å². The minimum absolute atomic E-state index is 0.0993. The number of carbonyl (C=O) groups is 4. The fraction of sp³-hybridized carbons (Fsp3) is 0.273. The van der Waals surface area contributed by atoms with Crippen molar-refractivity contribution in [2.45, 2.75) is 24.9 Å². The number of aliphatic carboxylic acids is 1. The molecule has 10 heteroatoms. The first-order valence-corrected chi connectivity index (χ1v) is 9.88. The Balaban J connectivity index is 1.71. The molecular weight excluding hydrogens is 416 g/mol. The molecule has 0 aromatic heterocycles. The number of amides is 3. The number of hydrogen-bond acceptors (Lipinski definition) is 6. The lowest BCUT2D eigenvalue weighted by Crippen LogP contribution is -2.49. The molecule has 0 aliphatic heterocycles. The summed E-state index contributed by atoms with van der Waals surface area (Å²) in [7, 11) is 0. The second kappa shape index (κ2) is 12.1. The van der Waals surface area contributed by atoms with Gasteiger partial charge in [-0.05, 0) is 29.7 Å². The molecule has 0 aliphatic carbocycles. The summed E-state index contributed by atoms with van der Waals surface area (Å²) in [5.74, 6) is -2.94. The first-order valence-electron chi connectivity index (χ1n) is 9.88. The number of benzene rings is 2. The normalized spacial score (nSPS) is 12.3. The van der Waals surface area contributed by atoms with Gasteiger partial charge in [-0.15, -0.1) is 0 Å². The first kappa shape index (κ1) is 24.4. The number of carboxylic acid groups (broad SMARTS) is 1. The molecule has 10 nitrogen and oxygen atoms in total. The zero-order valence-corrected chi connectivity index (χ0v) is 17.3. The van der Waals surface area contributed by atoms with Gasteiger partial charge in [-0.3, -0.25) is 14.4 Å². The maximum absolute atomic E-state index is 12.0. The third-order valence-electron chi connectivity index (χ3n) is 4.51. The number of hydrogen-bond donors (Lipinski definition) is 6. The summed E-state index contributed by atoms with van der Waals surface area (Å²) in [4.78, 5) is 47.3. The Morgan fingerprint density at radius 2 is 1.41 bits per heavy atom. The summed E-state index contributed by atoms with van der Waals surface area (Å²) in [6.07, 6.45) is 0.318. The second-order valence-electron chi connectivity index (χ2n) is 7.12. The van der Waals surface area contributed by atoms with Gasteiger partial charge in [0.15, 0.2) is 0 Å². The molecule has 32 heavy (non-hydrogen) atoms. The van der Waals surface area contributed by atoms with Crippen LogP contribution in [0.1, 0.15) is 11.1 Å². The van der Waals surface area contributed by atoms with E-state index in [2.05, 4.69) is 16.0 Å². The Morgan fingerprint density at radius 3 is 2.03 bits per heavy atom. The van der Waals surface area contributed by atoms with Crippen LogP contribution in [0.2, 0.25) is 0 Å². The third kappa shape index (κ3) is 8.44. The molecular formula is C22H26N4O6. The fourth-order valence-corrected chi connectivity index (χ4v) is 2.81. The lowest BCUT2D eigenvalue weighted by Gasteiger charge is -2.15. The average molecular weight is 442 g/mol. The number of phenolic OH excluding ortho intramolecular Hbond substituents is 1. The molecule has 7 N–H and O–H groups in total. The second-order valence-corrected chi connectivity index (χ2v) is 7.12. The van der Waals surface area contributed by atoms with Crippen molar-refractivity contribution < 1.29 is 29.4 Å². The summed E-state index contributed by atoms with van der Waals surface area (Å²) in [5.41, 5.74) is 7.31. The average Bonchev–Trinajstić information content (AvgIpc) is 2.77. The molecule has 2 aromatic carbocycles.